The van der Waals surface area contributed by atoms with E-state index in [2.05, 4.69) is 13.8 Å². The second kappa shape index (κ2) is 9.75. The molecule has 1 unspecified atom stereocenters. The quantitative estimate of drug-likeness (QED) is 0.619. The molecule has 74 valence electrons. The third kappa shape index (κ3) is 8.75. The van der Waals surface area contributed by atoms with Gasteiger partial charge in [0.15, 0.2) is 0 Å². The van der Waals surface area contributed by atoms with Crippen LogP contribution in [0.1, 0.15) is 20.3 Å². The first kappa shape index (κ1) is 12.7. The van der Waals surface area contributed by atoms with Crippen molar-refractivity contribution >= 4 is 23.5 Å². The summed E-state index contributed by atoms with van der Waals surface area (Å²) in [5.41, 5.74) is 5.52. The topological polar surface area (TPSA) is 26.0 Å². The van der Waals surface area contributed by atoms with Gasteiger partial charge in [0.1, 0.15) is 0 Å². The molecular formula is C9H21NS2. The summed E-state index contributed by atoms with van der Waals surface area (Å²) in [7, 11) is 0. The summed E-state index contributed by atoms with van der Waals surface area (Å²) >= 11 is 4.08. The highest BCUT2D eigenvalue weighted by atomic mass is 32.2. The molecule has 0 spiro atoms. The monoisotopic (exact) mass is 207 g/mol. The molecule has 0 aromatic heterocycles. The van der Waals surface area contributed by atoms with Crippen LogP contribution in [-0.4, -0.2) is 29.6 Å². The van der Waals surface area contributed by atoms with Gasteiger partial charge in [0, 0.05) is 0 Å². The van der Waals surface area contributed by atoms with Crippen LogP contribution in [0, 0.1) is 5.92 Å². The molecule has 0 saturated heterocycles. The van der Waals surface area contributed by atoms with Crippen molar-refractivity contribution in [2.45, 2.75) is 20.3 Å². The number of hydrogen-bond acceptors (Lipinski definition) is 3. The summed E-state index contributed by atoms with van der Waals surface area (Å²) < 4.78 is 0. The van der Waals surface area contributed by atoms with Crippen molar-refractivity contribution in [2.24, 2.45) is 11.7 Å². The molecule has 3 heteroatoms. The maximum atomic E-state index is 5.52. The van der Waals surface area contributed by atoms with E-state index in [1.165, 1.54) is 29.4 Å². The van der Waals surface area contributed by atoms with Crippen LogP contribution < -0.4 is 5.73 Å². The van der Waals surface area contributed by atoms with Crippen molar-refractivity contribution in [3.8, 4) is 0 Å². The maximum absolute atomic E-state index is 5.52. The second-order valence-corrected chi connectivity index (χ2v) is 5.51. The van der Waals surface area contributed by atoms with Crippen molar-refractivity contribution in [1.29, 1.82) is 0 Å². The van der Waals surface area contributed by atoms with E-state index in [4.69, 9.17) is 5.73 Å². The Kier molecular flexibility index (Phi) is 10.3. The zero-order valence-corrected chi connectivity index (χ0v) is 9.85. The molecule has 1 nitrogen and oxygen atoms in total. The Morgan fingerprint density at radius 1 is 1.25 bits per heavy atom. The lowest BCUT2D eigenvalue weighted by Crippen LogP contribution is -2.12. The third-order valence-corrected chi connectivity index (χ3v) is 3.95. The lowest BCUT2D eigenvalue weighted by atomic mass is 10.2. The van der Waals surface area contributed by atoms with Gasteiger partial charge in [-0.25, -0.2) is 0 Å². The second-order valence-electron chi connectivity index (χ2n) is 2.97. The molecule has 0 aliphatic rings. The zero-order valence-electron chi connectivity index (χ0n) is 8.21. The average Bonchev–Trinajstić information content (AvgIpc) is 2.10. The van der Waals surface area contributed by atoms with E-state index in [9.17, 15) is 0 Å². The Balaban J connectivity index is 2.90. The molecule has 12 heavy (non-hydrogen) atoms. The van der Waals surface area contributed by atoms with Gasteiger partial charge in [-0.2, -0.15) is 23.5 Å². The Bertz CT molecular complexity index is 88.6. The lowest BCUT2D eigenvalue weighted by Gasteiger charge is -2.06. The summed E-state index contributed by atoms with van der Waals surface area (Å²) in [6.45, 7) is 5.26. The first-order valence-corrected chi connectivity index (χ1v) is 6.97. The highest BCUT2D eigenvalue weighted by Gasteiger charge is 1.97. The lowest BCUT2D eigenvalue weighted by molar-refractivity contribution is 0.675. The fraction of sp³-hybridized carbons (Fsp3) is 1.00. The van der Waals surface area contributed by atoms with Gasteiger partial charge < -0.3 is 5.73 Å². The van der Waals surface area contributed by atoms with E-state index < -0.39 is 0 Å². The number of thioether (sulfide) groups is 2. The van der Waals surface area contributed by atoms with Crippen molar-refractivity contribution in [1.82, 2.24) is 0 Å². The van der Waals surface area contributed by atoms with Gasteiger partial charge in [0.25, 0.3) is 0 Å². The van der Waals surface area contributed by atoms with Crippen molar-refractivity contribution in [3.05, 3.63) is 0 Å². The summed E-state index contributed by atoms with van der Waals surface area (Å²) in [5, 5.41) is 0. The maximum Gasteiger partial charge on any atom is -0.00297 e. The molecule has 0 bridgehead atoms. The third-order valence-electron chi connectivity index (χ3n) is 1.59. The van der Waals surface area contributed by atoms with E-state index in [1.807, 2.05) is 23.5 Å². The number of hydrogen-bond donors (Lipinski definition) is 1. The predicted molar refractivity (Wildman–Crippen MR) is 63.2 cm³/mol. The van der Waals surface area contributed by atoms with E-state index in [1.54, 1.807) is 0 Å². The number of nitrogens with two attached hydrogens (primary N) is 1. The summed E-state index contributed by atoms with van der Waals surface area (Å²) in [5.74, 6) is 5.79. The fourth-order valence-electron chi connectivity index (χ4n) is 0.760. The summed E-state index contributed by atoms with van der Waals surface area (Å²) in [6.07, 6.45) is 1.35. The Labute approximate surface area is 85.2 Å². The van der Waals surface area contributed by atoms with Crippen LogP contribution in [0.4, 0.5) is 0 Å². The minimum atomic E-state index is 0.689. The van der Waals surface area contributed by atoms with Crippen molar-refractivity contribution in [2.75, 3.05) is 29.6 Å². The molecule has 0 aliphatic carbocycles. The largest absolute Gasteiger partial charge is 0.330 e. The standard InChI is InChI=1S/C9H21NS2/c1-3-11-5-4-6-12-8-9(2)7-10/h9H,3-8,10H2,1-2H3. The van der Waals surface area contributed by atoms with Gasteiger partial charge in [-0.1, -0.05) is 13.8 Å². The molecule has 0 aromatic carbocycles. The molecule has 2 N–H and O–H groups in total. The van der Waals surface area contributed by atoms with E-state index in [0.717, 1.165) is 6.54 Å². The van der Waals surface area contributed by atoms with Gasteiger partial charge in [0.05, 0.1) is 0 Å². The Hall–Kier alpha value is 0.660. The smallest absolute Gasteiger partial charge is 0.00297 e. The minimum Gasteiger partial charge on any atom is -0.330 e. The SMILES string of the molecule is CCSCCCSCC(C)CN. The highest BCUT2D eigenvalue weighted by molar-refractivity contribution is 8.00. The zero-order chi connectivity index (χ0) is 9.23. The van der Waals surface area contributed by atoms with Crippen LogP contribution in [-0.2, 0) is 0 Å². The first-order valence-electron chi connectivity index (χ1n) is 4.66. The Morgan fingerprint density at radius 3 is 2.50 bits per heavy atom. The van der Waals surface area contributed by atoms with Gasteiger partial charge in [0.2, 0.25) is 0 Å². The van der Waals surface area contributed by atoms with E-state index >= 15 is 0 Å². The molecule has 0 aromatic rings. The fourth-order valence-corrected chi connectivity index (χ4v) is 2.63. The number of rotatable bonds is 8. The molecule has 0 saturated carbocycles. The molecule has 0 amide bonds. The van der Waals surface area contributed by atoms with Crippen LogP contribution in [0.25, 0.3) is 0 Å². The minimum absolute atomic E-state index is 0.689. The van der Waals surface area contributed by atoms with E-state index in [0.29, 0.717) is 5.92 Å². The molecular weight excluding hydrogens is 186 g/mol. The highest BCUT2D eigenvalue weighted by Crippen LogP contribution is 2.10. The molecule has 0 aliphatic heterocycles. The molecule has 1 atom stereocenters. The molecule has 0 radical (unpaired) electrons. The van der Waals surface area contributed by atoms with Crippen LogP contribution in [0.15, 0.2) is 0 Å². The van der Waals surface area contributed by atoms with Gasteiger partial charge in [-0.05, 0) is 41.9 Å². The van der Waals surface area contributed by atoms with Crippen LogP contribution in [0.3, 0.4) is 0 Å². The van der Waals surface area contributed by atoms with E-state index in [-0.39, 0.29) is 0 Å². The molecule has 0 fully saturated rings. The van der Waals surface area contributed by atoms with Crippen molar-refractivity contribution < 1.29 is 0 Å². The average molecular weight is 207 g/mol. The van der Waals surface area contributed by atoms with Gasteiger partial charge >= 0.3 is 0 Å². The van der Waals surface area contributed by atoms with Crippen LogP contribution in [0.5, 0.6) is 0 Å². The predicted octanol–water partition coefficient (Wildman–Crippen LogP) is 2.46. The Morgan fingerprint density at radius 2 is 1.92 bits per heavy atom. The molecule has 0 heterocycles. The van der Waals surface area contributed by atoms with Gasteiger partial charge in [-0.3, -0.25) is 0 Å². The first-order chi connectivity index (χ1) is 5.81. The summed E-state index contributed by atoms with van der Waals surface area (Å²) in [4.78, 5) is 0. The normalized spacial score (nSPS) is 13.2. The summed E-state index contributed by atoms with van der Waals surface area (Å²) in [6, 6.07) is 0. The van der Waals surface area contributed by atoms with Crippen LogP contribution >= 0.6 is 23.5 Å². The van der Waals surface area contributed by atoms with Gasteiger partial charge in [-0.15, -0.1) is 0 Å². The van der Waals surface area contributed by atoms with Crippen molar-refractivity contribution in [3.63, 3.8) is 0 Å². The molecule has 0 rings (SSSR count). The van der Waals surface area contributed by atoms with Crippen LogP contribution in [0.2, 0.25) is 0 Å².